The number of amides is 1. The summed E-state index contributed by atoms with van der Waals surface area (Å²) in [6.07, 6.45) is 6.72. The first-order valence-electron chi connectivity index (χ1n) is 5.79. The Morgan fingerprint density at radius 2 is 2.30 bits per heavy atom. The first-order chi connectivity index (χ1) is 9.61. The summed E-state index contributed by atoms with van der Waals surface area (Å²) in [6, 6.07) is 5.47. The molecule has 0 unspecified atom stereocenters. The Morgan fingerprint density at radius 3 is 3.05 bits per heavy atom. The molecule has 102 valence electrons. The van der Waals surface area contributed by atoms with Gasteiger partial charge in [0.15, 0.2) is 0 Å². The number of fused-ring (bicyclic) bond motifs is 1. The zero-order chi connectivity index (χ0) is 14.5. The minimum atomic E-state index is -0.172. The second kappa shape index (κ2) is 6.60. The van der Waals surface area contributed by atoms with Crippen LogP contribution in [0.5, 0.6) is 0 Å². The van der Waals surface area contributed by atoms with Gasteiger partial charge in [-0.15, -0.1) is 6.42 Å². The van der Waals surface area contributed by atoms with E-state index in [0.29, 0.717) is 10.5 Å². The van der Waals surface area contributed by atoms with Gasteiger partial charge in [-0.1, -0.05) is 33.5 Å². The molecule has 2 rings (SSSR count). The van der Waals surface area contributed by atoms with Crippen LogP contribution in [0, 0.1) is 12.3 Å². The number of nitrogens with one attached hydrogen (secondary N) is 2. The Labute approximate surface area is 130 Å². The van der Waals surface area contributed by atoms with Crippen LogP contribution in [0.2, 0.25) is 5.02 Å². The maximum Gasteiger partial charge on any atom is 0.240 e. The average Bonchev–Trinajstić information content (AvgIpc) is 2.43. The third-order valence-electron chi connectivity index (χ3n) is 2.59. The second-order valence-electron chi connectivity index (χ2n) is 3.98. The van der Waals surface area contributed by atoms with Gasteiger partial charge in [0.2, 0.25) is 5.91 Å². The van der Waals surface area contributed by atoms with Gasteiger partial charge in [-0.2, -0.15) is 0 Å². The quantitative estimate of drug-likeness (QED) is 0.832. The Hall–Kier alpha value is -1.77. The van der Waals surface area contributed by atoms with Crippen molar-refractivity contribution in [3.8, 4) is 12.3 Å². The number of pyridine rings is 1. The molecule has 0 spiro atoms. The first-order valence-corrected chi connectivity index (χ1v) is 6.96. The van der Waals surface area contributed by atoms with Gasteiger partial charge in [-0.3, -0.25) is 9.78 Å². The van der Waals surface area contributed by atoms with Crippen molar-refractivity contribution in [1.29, 1.82) is 0 Å². The number of carbonyl (C=O) groups excluding carboxylic acids is 1. The summed E-state index contributed by atoms with van der Waals surface area (Å²) in [5.41, 5.74) is 1.47. The van der Waals surface area contributed by atoms with E-state index < -0.39 is 0 Å². The van der Waals surface area contributed by atoms with Crippen LogP contribution in [-0.4, -0.2) is 24.0 Å². The average molecular weight is 353 g/mol. The van der Waals surface area contributed by atoms with Gasteiger partial charge in [-0.25, -0.2) is 0 Å². The van der Waals surface area contributed by atoms with Gasteiger partial charge in [-0.05, 0) is 18.2 Å². The Kier molecular flexibility index (Phi) is 4.83. The summed E-state index contributed by atoms with van der Waals surface area (Å²) in [4.78, 5) is 15.8. The molecular weight excluding hydrogens is 342 g/mol. The Morgan fingerprint density at radius 1 is 1.50 bits per heavy atom. The molecule has 0 fully saturated rings. The van der Waals surface area contributed by atoms with E-state index in [9.17, 15) is 4.79 Å². The monoisotopic (exact) mass is 351 g/mol. The van der Waals surface area contributed by atoms with Gasteiger partial charge in [0.25, 0.3) is 0 Å². The molecular formula is C14H11BrClN3O. The zero-order valence-corrected chi connectivity index (χ0v) is 12.8. The minimum absolute atomic E-state index is 0.130. The van der Waals surface area contributed by atoms with Crippen molar-refractivity contribution in [2.45, 2.75) is 0 Å². The Bertz CT molecular complexity index is 697. The van der Waals surface area contributed by atoms with Crippen molar-refractivity contribution in [2.75, 3.05) is 18.4 Å². The number of carbonyl (C=O) groups is 1. The van der Waals surface area contributed by atoms with Crippen molar-refractivity contribution in [2.24, 2.45) is 0 Å². The molecule has 2 aromatic rings. The van der Waals surface area contributed by atoms with Crippen molar-refractivity contribution >= 4 is 50.0 Å². The fourth-order valence-electron chi connectivity index (χ4n) is 1.72. The van der Waals surface area contributed by atoms with Crippen LogP contribution in [0.15, 0.2) is 28.9 Å². The van der Waals surface area contributed by atoms with E-state index in [4.69, 9.17) is 18.0 Å². The molecule has 1 amide bonds. The van der Waals surface area contributed by atoms with Gasteiger partial charge in [0.05, 0.1) is 23.6 Å². The molecule has 0 aliphatic heterocycles. The van der Waals surface area contributed by atoms with Crippen LogP contribution in [0.4, 0.5) is 5.69 Å². The van der Waals surface area contributed by atoms with E-state index in [1.54, 1.807) is 18.3 Å². The lowest BCUT2D eigenvalue weighted by Gasteiger charge is -2.10. The van der Waals surface area contributed by atoms with Crippen molar-refractivity contribution in [1.82, 2.24) is 10.3 Å². The fourth-order valence-corrected chi connectivity index (χ4v) is 2.58. The summed E-state index contributed by atoms with van der Waals surface area (Å²) in [5, 5.41) is 7.03. The van der Waals surface area contributed by atoms with Crippen molar-refractivity contribution in [3.63, 3.8) is 0 Å². The third-order valence-corrected chi connectivity index (χ3v) is 3.34. The van der Waals surface area contributed by atoms with Gasteiger partial charge in [0.1, 0.15) is 0 Å². The molecule has 0 atom stereocenters. The first kappa shape index (κ1) is 14.6. The minimum Gasteiger partial charge on any atom is -0.376 e. The third kappa shape index (κ3) is 3.41. The van der Waals surface area contributed by atoms with Crippen LogP contribution in [0.1, 0.15) is 0 Å². The summed E-state index contributed by atoms with van der Waals surface area (Å²) < 4.78 is 0.850. The highest BCUT2D eigenvalue weighted by molar-refractivity contribution is 9.10. The van der Waals surface area contributed by atoms with Crippen LogP contribution >= 0.6 is 27.5 Å². The van der Waals surface area contributed by atoms with E-state index in [1.807, 2.05) is 6.07 Å². The smallest absolute Gasteiger partial charge is 0.240 e. The molecule has 0 aliphatic rings. The number of rotatable bonds is 4. The number of aromatic nitrogens is 1. The number of anilines is 1. The molecule has 1 heterocycles. The molecule has 20 heavy (non-hydrogen) atoms. The number of benzene rings is 1. The van der Waals surface area contributed by atoms with E-state index in [-0.39, 0.29) is 19.0 Å². The highest BCUT2D eigenvalue weighted by atomic mass is 79.9. The summed E-state index contributed by atoms with van der Waals surface area (Å²) in [5.74, 6) is 2.18. The maximum atomic E-state index is 11.5. The predicted molar refractivity (Wildman–Crippen MR) is 84.8 cm³/mol. The van der Waals surface area contributed by atoms with Crippen molar-refractivity contribution in [3.05, 3.63) is 33.9 Å². The molecule has 0 bridgehead atoms. The lowest BCUT2D eigenvalue weighted by atomic mass is 10.2. The standard InChI is InChI=1S/C14H11BrClN3O/c1-2-4-17-13(20)8-19-12-3-5-18-14-10(12)6-9(15)7-11(14)16/h1,3,5-7H,4,8H2,(H,17,20)(H,18,19). The molecule has 4 nitrogen and oxygen atoms in total. The molecule has 0 saturated carbocycles. The van der Waals surface area contributed by atoms with E-state index in [1.165, 1.54) is 0 Å². The number of nitrogens with zero attached hydrogens (tertiary/aromatic N) is 1. The lowest BCUT2D eigenvalue weighted by Crippen LogP contribution is -2.30. The zero-order valence-electron chi connectivity index (χ0n) is 10.4. The van der Waals surface area contributed by atoms with Gasteiger partial charge in [0, 0.05) is 21.7 Å². The largest absolute Gasteiger partial charge is 0.376 e. The van der Waals surface area contributed by atoms with Gasteiger partial charge < -0.3 is 10.6 Å². The van der Waals surface area contributed by atoms with Crippen molar-refractivity contribution < 1.29 is 4.79 Å². The van der Waals surface area contributed by atoms with E-state index in [2.05, 4.69) is 37.5 Å². The van der Waals surface area contributed by atoms with Crippen LogP contribution in [-0.2, 0) is 4.79 Å². The van der Waals surface area contributed by atoms with Crippen LogP contribution in [0.25, 0.3) is 10.9 Å². The normalized spacial score (nSPS) is 10.1. The topological polar surface area (TPSA) is 54.0 Å². The summed E-state index contributed by atoms with van der Waals surface area (Å²) >= 11 is 9.53. The summed E-state index contributed by atoms with van der Waals surface area (Å²) in [6.45, 7) is 0.347. The maximum absolute atomic E-state index is 11.5. The number of hydrogen-bond acceptors (Lipinski definition) is 3. The molecule has 0 saturated heterocycles. The molecule has 0 radical (unpaired) electrons. The number of hydrogen-bond donors (Lipinski definition) is 2. The SMILES string of the molecule is C#CCNC(=O)CNc1ccnc2c(Cl)cc(Br)cc12. The predicted octanol–water partition coefficient (Wildman–Crippen LogP) is 2.81. The second-order valence-corrected chi connectivity index (χ2v) is 5.30. The highest BCUT2D eigenvalue weighted by Crippen LogP contribution is 2.30. The highest BCUT2D eigenvalue weighted by Gasteiger charge is 2.08. The van der Waals surface area contributed by atoms with Crippen LogP contribution < -0.4 is 10.6 Å². The fraction of sp³-hybridized carbons (Fsp3) is 0.143. The molecule has 1 aromatic carbocycles. The number of terminal acetylenes is 1. The van der Waals surface area contributed by atoms with Crippen LogP contribution in [0.3, 0.4) is 0 Å². The lowest BCUT2D eigenvalue weighted by molar-refractivity contribution is -0.119. The number of halogens is 2. The molecule has 6 heteroatoms. The Balaban J connectivity index is 2.23. The van der Waals surface area contributed by atoms with E-state index >= 15 is 0 Å². The molecule has 0 aliphatic carbocycles. The van der Waals surface area contributed by atoms with E-state index in [0.717, 1.165) is 15.5 Å². The molecule has 1 aromatic heterocycles. The van der Waals surface area contributed by atoms with Gasteiger partial charge >= 0.3 is 0 Å². The summed E-state index contributed by atoms with van der Waals surface area (Å²) in [7, 11) is 0. The molecule has 2 N–H and O–H groups in total.